The number of hydrogen-bond acceptors (Lipinski definition) is 4. The van der Waals surface area contributed by atoms with E-state index in [4.69, 9.17) is 4.74 Å². The highest BCUT2D eigenvalue weighted by molar-refractivity contribution is 5.24. The third-order valence-electron chi connectivity index (χ3n) is 4.28. The molecule has 0 spiro atoms. The van der Waals surface area contributed by atoms with Crippen molar-refractivity contribution >= 4 is 0 Å². The van der Waals surface area contributed by atoms with Crippen molar-refractivity contribution in [2.45, 2.75) is 25.6 Å². The SMILES string of the molecule is FC(F)(F)c1ccc(CN2CCCC(COc3ncccn3)C2)cc1. The van der Waals surface area contributed by atoms with Crippen LogP contribution in [0.3, 0.4) is 0 Å². The number of likely N-dealkylation sites (tertiary alicyclic amines) is 1. The van der Waals surface area contributed by atoms with E-state index in [2.05, 4.69) is 14.9 Å². The average molecular weight is 351 g/mol. The molecule has 0 aliphatic carbocycles. The average Bonchev–Trinajstić information content (AvgIpc) is 2.61. The molecule has 1 aliphatic heterocycles. The highest BCUT2D eigenvalue weighted by Crippen LogP contribution is 2.29. The molecule has 7 heteroatoms. The van der Waals surface area contributed by atoms with Crippen LogP contribution in [0.2, 0.25) is 0 Å². The Morgan fingerprint density at radius 1 is 1.12 bits per heavy atom. The predicted octanol–water partition coefficient (Wildman–Crippen LogP) is 3.79. The van der Waals surface area contributed by atoms with Gasteiger partial charge < -0.3 is 4.74 Å². The summed E-state index contributed by atoms with van der Waals surface area (Å²) in [5.74, 6) is 0.368. The first-order valence-electron chi connectivity index (χ1n) is 8.29. The molecule has 4 nitrogen and oxygen atoms in total. The lowest BCUT2D eigenvalue weighted by atomic mass is 9.98. The van der Waals surface area contributed by atoms with Gasteiger partial charge in [-0.1, -0.05) is 12.1 Å². The summed E-state index contributed by atoms with van der Waals surface area (Å²) >= 11 is 0. The molecule has 1 saturated heterocycles. The van der Waals surface area contributed by atoms with Crippen molar-refractivity contribution in [1.82, 2.24) is 14.9 Å². The number of ether oxygens (including phenoxy) is 1. The summed E-state index contributed by atoms with van der Waals surface area (Å²) in [5, 5.41) is 0. The summed E-state index contributed by atoms with van der Waals surface area (Å²) in [7, 11) is 0. The van der Waals surface area contributed by atoms with Crippen LogP contribution in [-0.2, 0) is 12.7 Å². The predicted molar refractivity (Wildman–Crippen MR) is 87.0 cm³/mol. The molecule has 1 fully saturated rings. The van der Waals surface area contributed by atoms with E-state index in [9.17, 15) is 13.2 Å². The maximum absolute atomic E-state index is 12.6. The van der Waals surface area contributed by atoms with Crippen molar-refractivity contribution in [2.75, 3.05) is 19.7 Å². The monoisotopic (exact) mass is 351 g/mol. The number of alkyl halides is 3. The number of piperidine rings is 1. The van der Waals surface area contributed by atoms with Crippen molar-refractivity contribution in [3.05, 3.63) is 53.9 Å². The number of hydrogen-bond donors (Lipinski definition) is 0. The molecule has 0 bridgehead atoms. The maximum atomic E-state index is 12.6. The Balaban J connectivity index is 1.51. The van der Waals surface area contributed by atoms with Crippen LogP contribution < -0.4 is 4.74 Å². The lowest BCUT2D eigenvalue weighted by molar-refractivity contribution is -0.137. The topological polar surface area (TPSA) is 38.2 Å². The summed E-state index contributed by atoms with van der Waals surface area (Å²) in [5.41, 5.74) is 0.282. The summed E-state index contributed by atoms with van der Waals surface area (Å²) in [6.07, 6.45) is 1.10. The maximum Gasteiger partial charge on any atom is 0.416 e. The van der Waals surface area contributed by atoms with Gasteiger partial charge in [-0.2, -0.15) is 13.2 Å². The lowest BCUT2D eigenvalue weighted by Crippen LogP contribution is -2.37. The van der Waals surface area contributed by atoms with Crippen LogP contribution in [-0.4, -0.2) is 34.6 Å². The van der Waals surface area contributed by atoms with Gasteiger partial charge in [-0.25, -0.2) is 9.97 Å². The van der Waals surface area contributed by atoms with Gasteiger partial charge in [-0.05, 0) is 43.1 Å². The van der Waals surface area contributed by atoms with Gasteiger partial charge in [0, 0.05) is 31.4 Å². The number of halogens is 3. The zero-order valence-electron chi connectivity index (χ0n) is 13.7. The van der Waals surface area contributed by atoms with E-state index in [1.54, 1.807) is 30.6 Å². The third-order valence-corrected chi connectivity index (χ3v) is 4.28. The van der Waals surface area contributed by atoms with Crippen molar-refractivity contribution < 1.29 is 17.9 Å². The second kappa shape index (κ2) is 7.82. The van der Waals surface area contributed by atoms with Gasteiger partial charge in [0.25, 0.3) is 0 Å². The molecule has 0 saturated carbocycles. The molecule has 1 aliphatic rings. The minimum atomic E-state index is -4.29. The summed E-state index contributed by atoms with van der Waals surface area (Å²) in [4.78, 5) is 10.3. The molecule has 1 unspecified atom stereocenters. The highest BCUT2D eigenvalue weighted by Gasteiger charge is 2.30. The van der Waals surface area contributed by atoms with E-state index in [0.29, 0.717) is 25.1 Å². The molecule has 2 aromatic rings. The van der Waals surface area contributed by atoms with Gasteiger partial charge in [0.15, 0.2) is 0 Å². The Hall–Kier alpha value is -2.15. The normalized spacial score (nSPS) is 18.9. The zero-order valence-corrected chi connectivity index (χ0v) is 13.7. The van der Waals surface area contributed by atoms with Gasteiger partial charge in [-0.3, -0.25) is 4.90 Å². The summed E-state index contributed by atoms with van der Waals surface area (Å²) in [6.45, 7) is 3.00. The van der Waals surface area contributed by atoms with Crippen LogP contribution in [0.4, 0.5) is 13.2 Å². The van der Waals surface area contributed by atoms with E-state index in [0.717, 1.165) is 43.6 Å². The zero-order chi connectivity index (χ0) is 17.7. The Morgan fingerprint density at radius 2 is 1.84 bits per heavy atom. The van der Waals surface area contributed by atoms with E-state index >= 15 is 0 Å². The van der Waals surface area contributed by atoms with E-state index in [1.165, 1.54) is 0 Å². The van der Waals surface area contributed by atoms with E-state index in [-0.39, 0.29) is 0 Å². The Morgan fingerprint density at radius 3 is 2.52 bits per heavy atom. The standard InChI is InChI=1S/C18H20F3N3O/c19-18(20,21)16-6-4-14(5-7-16)11-24-10-1-3-15(12-24)13-25-17-22-8-2-9-23-17/h2,4-9,15H,1,3,10-13H2. The molecule has 0 N–H and O–H groups in total. The van der Waals surface area contributed by atoms with Crippen LogP contribution in [0.5, 0.6) is 6.01 Å². The quantitative estimate of drug-likeness (QED) is 0.822. The number of benzene rings is 1. The van der Waals surface area contributed by atoms with Crippen LogP contribution >= 0.6 is 0 Å². The molecule has 0 amide bonds. The molecule has 1 atom stereocenters. The summed E-state index contributed by atoms with van der Waals surface area (Å²) < 4.78 is 43.5. The smallest absolute Gasteiger partial charge is 0.416 e. The van der Waals surface area contributed by atoms with E-state index < -0.39 is 11.7 Å². The molecule has 25 heavy (non-hydrogen) atoms. The molecule has 0 radical (unpaired) electrons. The number of rotatable bonds is 5. The molecule has 2 heterocycles. The first-order chi connectivity index (χ1) is 12.0. The van der Waals surface area contributed by atoms with Gasteiger partial charge in [-0.15, -0.1) is 0 Å². The van der Waals surface area contributed by atoms with E-state index in [1.807, 2.05) is 0 Å². The Bertz CT molecular complexity index is 662. The van der Waals surface area contributed by atoms with Gasteiger partial charge in [0.05, 0.1) is 12.2 Å². The third kappa shape index (κ3) is 5.16. The minimum absolute atomic E-state index is 0.368. The Labute approximate surface area is 144 Å². The first kappa shape index (κ1) is 17.7. The largest absolute Gasteiger partial charge is 0.463 e. The second-order valence-corrected chi connectivity index (χ2v) is 6.28. The minimum Gasteiger partial charge on any atom is -0.463 e. The van der Waals surface area contributed by atoms with Crippen molar-refractivity contribution in [2.24, 2.45) is 5.92 Å². The molecule has 1 aromatic heterocycles. The fourth-order valence-electron chi connectivity index (χ4n) is 3.04. The molecule has 3 rings (SSSR count). The number of aromatic nitrogens is 2. The Kier molecular flexibility index (Phi) is 5.53. The van der Waals surface area contributed by atoms with Crippen LogP contribution in [0, 0.1) is 5.92 Å². The highest BCUT2D eigenvalue weighted by atomic mass is 19.4. The van der Waals surface area contributed by atoms with Crippen molar-refractivity contribution in [3.63, 3.8) is 0 Å². The van der Waals surface area contributed by atoms with Gasteiger partial charge in [0.2, 0.25) is 0 Å². The van der Waals surface area contributed by atoms with Crippen LogP contribution in [0.15, 0.2) is 42.7 Å². The first-order valence-corrected chi connectivity index (χ1v) is 8.29. The van der Waals surface area contributed by atoms with Gasteiger partial charge >= 0.3 is 12.2 Å². The summed E-state index contributed by atoms with van der Waals surface area (Å²) in [6, 6.07) is 7.52. The molecule has 134 valence electrons. The molecular formula is C18H20F3N3O. The van der Waals surface area contributed by atoms with Crippen molar-refractivity contribution in [3.8, 4) is 6.01 Å². The van der Waals surface area contributed by atoms with Crippen molar-refractivity contribution in [1.29, 1.82) is 0 Å². The molecular weight excluding hydrogens is 331 g/mol. The van der Waals surface area contributed by atoms with Crippen LogP contribution in [0.1, 0.15) is 24.0 Å². The lowest BCUT2D eigenvalue weighted by Gasteiger charge is -2.32. The second-order valence-electron chi connectivity index (χ2n) is 6.28. The molecule has 1 aromatic carbocycles. The van der Waals surface area contributed by atoms with Crippen LogP contribution in [0.25, 0.3) is 0 Å². The number of nitrogens with zero attached hydrogens (tertiary/aromatic N) is 3. The fraction of sp³-hybridized carbons (Fsp3) is 0.444. The fourth-order valence-corrected chi connectivity index (χ4v) is 3.04. The van der Waals surface area contributed by atoms with Gasteiger partial charge in [0.1, 0.15) is 0 Å².